The predicted octanol–water partition coefficient (Wildman–Crippen LogP) is 3.04. The molecular formula is C14H21FN2O2. The van der Waals surface area contributed by atoms with Gasteiger partial charge in [-0.25, -0.2) is 9.18 Å². The van der Waals surface area contributed by atoms with Gasteiger partial charge in [0, 0.05) is 11.7 Å². The second kappa shape index (κ2) is 6.41. The summed E-state index contributed by atoms with van der Waals surface area (Å²) in [5.41, 5.74) is 6.14. The Balaban J connectivity index is 3.10. The van der Waals surface area contributed by atoms with Gasteiger partial charge in [0.2, 0.25) is 0 Å². The summed E-state index contributed by atoms with van der Waals surface area (Å²) in [5.74, 6) is -0.689. The number of rotatable bonds is 5. The van der Waals surface area contributed by atoms with Crippen LogP contribution in [0.25, 0.3) is 0 Å². The van der Waals surface area contributed by atoms with Crippen molar-refractivity contribution in [2.45, 2.75) is 33.2 Å². The van der Waals surface area contributed by atoms with Crippen LogP contribution in [0, 0.1) is 11.7 Å². The summed E-state index contributed by atoms with van der Waals surface area (Å²) in [7, 11) is 1.27. The number of hydrogen-bond donors (Lipinski definition) is 2. The number of benzene rings is 1. The largest absolute Gasteiger partial charge is 0.465 e. The molecule has 19 heavy (non-hydrogen) atoms. The summed E-state index contributed by atoms with van der Waals surface area (Å²) in [5, 5.41) is 3.10. The Labute approximate surface area is 113 Å². The summed E-state index contributed by atoms with van der Waals surface area (Å²) in [6.45, 7) is 6.13. The number of methoxy groups -OCH3 is 1. The minimum absolute atomic E-state index is 0.0764. The van der Waals surface area contributed by atoms with Gasteiger partial charge in [0.25, 0.3) is 0 Å². The van der Waals surface area contributed by atoms with E-state index in [9.17, 15) is 9.18 Å². The average molecular weight is 268 g/mol. The van der Waals surface area contributed by atoms with Gasteiger partial charge in [0.05, 0.1) is 18.4 Å². The fourth-order valence-corrected chi connectivity index (χ4v) is 1.93. The van der Waals surface area contributed by atoms with Gasteiger partial charge in [-0.3, -0.25) is 0 Å². The van der Waals surface area contributed by atoms with Crippen molar-refractivity contribution in [1.29, 1.82) is 0 Å². The molecule has 5 heteroatoms. The molecule has 0 heterocycles. The SMILES string of the molecule is CCC(Nc1cc(C(=O)OC)c(N)cc1F)C(C)C. The maximum absolute atomic E-state index is 13.9. The van der Waals surface area contributed by atoms with Gasteiger partial charge in [-0.15, -0.1) is 0 Å². The van der Waals surface area contributed by atoms with Gasteiger partial charge in [0.1, 0.15) is 5.82 Å². The number of carbonyl (C=O) groups is 1. The van der Waals surface area contributed by atoms with E-state index in [1.165, 1.54) is 13.2 Å². The van der Waals surface area contributed by atoms with Gasteiger partial charge >= 0.3 is 5.97 Å². The number of nitrogens with two attached hydrogens (primary N) is 1. The number of nitrogen functional groups attached to an aromatic ring is 1. The third-order valence-electron chi connectivity index (χ3n) is 3.13. The standard InChI is InChI=1S/C14H21FN2O2/c1-5-12(8(2)3)17-13-6-9(14(18)19-4)11(16)7-10(13)15/h6-8,12,17H,5,16H2,1-4H3. The third-order valence-corrected chi connectivity index (χ3v) is 3.13. The highest BCUT2D eigenvalue weighted by Gasteiger charge is 2.17. The fraction of sp³-hybridized carbons (Fsp3) is 0.500. The highest BCUT2D eigenvalue weighted by Crippen LogP contribution is 2.25. The van der Waals surface area contributed by atoms with Crippen LogP contribution < -0.4 is 11.1 Å². The Morgan fingerprint density at radius 1 is 1.47 bits per heavy atom. The molecule has 0 aliphatic rings. The lowest BCUT2D eigenvalue weighted by atomic mass is 10.0. The molecule has 1 atom stereocenters. The Bertz CT molecular complexity index is 461. The molecule has 0 aromatic heterocycles. The van der Waals surface area contributed by atoms with Crippen LogP contribution in [-0.4, -0.2) is 19.1 Å². The molecule has 1 aromatic carbocycles. The van der Waals surface area contributed by atoms with Crippen molar-refractivity contribution in [3.63, 3.8) is 0 Å². The molecule has 0 aliphatic carbocycles. The van der Waals surface area contributed by atoms with Crippen LogP contribution in [0.5, 0.6) is 0 Å². The van der Waals surface area contributed by atoms with Crippen LogP contribution in [0.3, 0.4) is 0 Å². The first kappa shape index (κ1) is 15.3. The van der Waals surface area contributed by atoms with E-state index in [-0.39, 0.29) is 23.0 Å². The molecule has 0 radical (unpaired) electrons. The molecule has 3 N–H and O–H groups in total. The molecule has 0 spiro atoms. The summed E-state index contributed by atoms with van der Waals surface area (Å²) in [4.78, 5) is 11.5. The lowest BCUT2D eigenvalue weighted by molar-refractivity contribution is 0.0602. The topological polar surface area (TPSA) is 64.3 Å². The van der Waals surface area contributed by atoms with E-state index in [0.29, 0.717) is 5.92 Å². The van der Waals surface area contributed by atoms with Crippen molar-refractivity contribution >= 4 is 17.3 Å². The normalized spacial score (nSPS) is 12.3. The summed E-state index contributed by atoms with van der Waals surface area (Å²) in [6, 6.07) is 2.67. The molecule has 1 aromatic rings. The zero-order chi connectivity index (χ0) is 14.6. The van der Waals surface area contributed by atoms with Crippen molar-refractivity contribution in [1.82, 2.24) is 0 Å². The maximum atomic E-state index is 13.9. The van der Waals surface area contributed by atoms with E-state index in [2.05, 4.69) is 23.9 Å². The van der Waals surface area contributed by atoms with Gasteiger partial charge in [-0.05, 0) is 24.5 Å². The number of halogens is 1. The maximum Gasteiger partial charge on any atom is 0.340 e. The van der Waals surface area contributed by atoms with Crippen molar-refractivity contribution in [3.05, 3.63) is 23.5 Å². The van der Waals surface area contributed by atoms with E-state index in [0.717, 1.165) is 12.5 Å². The van der Waals surface area contributed by atoms with Crippen molar-refractivity contribution in [3.8, 4) is 0 Å². The summed E-state index contributed by atoms with van der Waals surface area (Å²) < 4.78 is 18.5. The predicted molar refractivity (Wildman–Crippen MR) is 74.7 cm³/mol. The number of nitrogens with one attached hydrogen (secondary N) is 1. The number of esters is 1. The van der Waals surface area contributed by atoms with Crippen LogP contribution in [0.4, 0.5) is 15.8 Å². The van der Waals surface area contributed by atoms with E-state index in [1.54, 1.807) is 0 Å². The highest BCUT2D eigenvalue weighted by atomic mass is 19.1. The molecule has 0 saturated carbocycles. The Morgan fingerprint density at radius 2 is 2.11 bits per heavy atom. The molecule has 106 valence electrons. The molecule has 0 bridgehead atoms. The lowest BCUT2D eigenvalue weighted by Crippen LogP contribution is -2.25. The quantitative estimate of drug-likeness (QED) is 0.636. The minimum atomic E-state index is -0.571. The second-order valence-electron chi connectivity index (χ2n) is 4.81. The summed E-state index contributed by atoms with van der Waals surface area (Å²) in [6.07, 6.45) is 0.856. The highest BCUT2D eigenvalue weighted by molar-refractivity contribution is 5.96. The molecule has 0 saturated heterocycles. The molecule has 0 aliphatic heterocycles. The first-order valence-corrected chi connectivity index (χ1v) is 6.34. The average Bonchev–Trinajstić information content (AvgIpc) is 2.36. The molecule has 0 amide bonds. The van der Waals surface area contributed by atoms with Crippen molar-refractivity contribution < 1.29 is 13.9 Å². The van der Waals surface area contributed by atoms with Gasteiger partial charge in [-0.2, -0.15) is 0 Å². The van der Waals surface area contributed by atoms with E-state index >= 15 is 0 Å². The third kappa shape index (κ3) is 3.59. The molecule has 1 unspecified atom stereocenters. The Morgan fingerprint density at radius 3 is 2.58 bits per heavy atom. The second-order valence-corrected chi connectivity index (χ2v) is 4.81. The first-order valence-electron chi connectivity index (χ1n) is 6.34. The van der Waals surface area contributed by atoms with Crippen LogP contribution in [0.15, 0.2) is 12.1 Å². The van der Waals surface area contributed by atoms with Crippen LogP contribution in [0.2, 0.25) is 0 Å². The molecule has 0 fully saturated rings. The van der Waals surface area contributed by atoms with Crippen LogP contribution in [0.1, 0.15) is 37.6 Å². The van der Waals surface area contributed by atoms with E-state index in [1.807, 2.05) is 6.92 Å². The van der Waals surface area contributed by atoms with Crippen molar-refractivity contribution in [2.75, 3.05) is 18.2 Å². The zero-order valence-corrected chi connectivity index (χ0v) is 11.8. The smallest absolute Gasteiger partial charge is 0.340 e. The van der Waals surface area contributed by atoms with Crippen LogP contribution >= 0.6 is 0 Å². The number of carbonyl (C=O) groups excluding carboxylic acids is 1. The van der Waals surface area contributed by atoms with E-state index < -0.39 is 11.8 Å². The number of ether oxygens (including phenoxy) is 1. The minimum Gasteiger partial charge on any atom is -0.465 e. The molecule has 1 rings (SSSR count). The fourth-order valence-electron chi connectivity index (χ4n) is 1.93. The molecular weight excluding hydrogens is 247 g/mol. The number of hydrogen-bond acceptors (Lipinski definition) is 4. The van der Waals surface area contributed by atoms with E-state index in [4.69, 9.17) is 5.73 Å². The van der Waals surface area contributed by atoms with Gasteiger partial charge in [-0.1, -0.05) is 20.8 Å². The number of anilines is 2. The van der Waals surface area contributed by atoms with Crippen LogP contribution in [-0.2, 0) is 4.74 Å². The monoisotopic (exact) mass is 268 g/mol. The van der Waals surface area contributed by atoms with Gasteiger partial charge in [0.15, 0.2) is 0 Å². The summed E-state index contributed by atoms with van der Waals surface area (Å²) >= 11 is 0. The van der Waals surface area contributed by atoms with Crippen molar-refractivity contribution in [2.24, 2.45) is 5.92 Å². The Kier molecular flexibility index (Phi) is 5.15. The molecule has 4 nitrogen and oxygen atoms in total. The first-order chi connectivity index (χ1) is 8.90. The zero-order valence-electron chi connectivity index (χ0n) is 11.8. The van der Waals surface area contributed by atoms with Gasteiger partial charge < -0.3 is 15.8 Å². The lowest BCUT2D eigenvalue weighted by Gasteiger charge is -2.22. The Hall–Kier alpha value is -1.78.